The van der Waals surface area contributed by atoms with E-state index in [1.807, 2.05) is 27.4 Å². The van der Waals surface area contributed by atoms with Crippen molar-refractivity contribution in [1.29, 1.82) is 0 Å². The number of allylic oxidation sites excluding steroid dienone is 2. The lowest BCUT2D eigenvalue weighted by molar-refractivity contribution is 0.0519. The van der Waals surface area contributed by atoms with Crippen LogP contribution >= 0.6 is 0 Å². The van der Waals surface area contributed by atoms with Crippen LogP contribution in [0.25, 0.3) is 11.4 Å². The molecule has 3 aromatic rings. The number of likely N-dealkylation sites (N-methyl/N-ethyl adjacent to an activating group) is 1. The summed E-state index contributed by atoms with van der Waals surface area (Å²) in [5, 5.41) is 9.05. The number of hydrogen-bond donors (Lipinski definition) is 0. The highest BCUT2D eigenvalue weighted by Gasteiger charge is 2.29. The molecule has 1 aliphatic heterocycles. The van der Waals surface area contributed by atoms with E-state index < -0.39 is 5.97 Å². The maximum atomic E-state index is 12.7. The van der Waals surface area contributed by atoms with Gasteiger partial charge in [0.2, 0.25) is 0 Å². The number of benzene rings is 1. The maximum Gasteiger partial charge on any atom is 0.358 e. The SMILES string of the molecule is CCOC(=O)c1ncn2c1Cc1c(CN(C)CC3=CCCC=C3)nnn1-c1cc(OC)ccc1-2. The van der Waals surface area contributed by atoms with E-state index in [-0.39, 0.29) is 0 Å². The fraction of sp³-hybridized carbons (Fsp3) is 0.360. The van der Waals surface area contributed by atoms with Crippen LogP contribution in [0.2, 0.25) is 0 Å². The Bertz CT molecular complexity index is 1290. The van der Waals surface area contributed by atoms with Crippen molar-refractivity contribution >= 4 is 5.97 Å². The van der Waals surface area contributed by atoms with Crippen LogP contribution in [0.4, 0.5) is 0 Å². The van der Waals surface area contributed by atoms with Crippen LogP contribution in [0.5, 0.6) is 5.75 Å². The second-order valence-corrected chi connectivity index (χ2v) is 8.49. The zero-order valence-electron chi connectivity index (χ0n) is 19.7. The summed E-state index contributed by atoms with van der Waals surface area (Å²) in [6.45, 7) is 3.54. The van der Waals surface area contributed by atoms with E-state index in [9.17, 15) is 4.79 Å². The summed E-state index contributed by atoms with van der Waals surface area (Å²) in [6, 6.07) is 5.76. The molecular formula is C25H28N6O3. The van der Waals surface area contributed by atoms with Crippen LogP contribution in [-0.4, -0.2) is 62.7 Å². The summed E-state index contributed by atoms with van der Waals surface area (Å²) in [4.78, 5) is 19.3. The van der Waals surface area contributed by atoms with E-state index in [1.165, 1.54) is 5.57 Å². The molecule has 3 heterocycles. The number of carbonyl (C=O) groups is 1. The van der Waals surface area contributed by atoms with Gasteiger partial charge < -0.3 is 9.47 Å². The number of esters is 1. The Hall–Kier alpha value is -3.72. The molecular weight excluding hydrogens is 432 g/mol. The van der Waals surface area contributed by atoms with Crippen LogP contribution in [-0.2, 0) is 17.7 Å². The first-order chi connectivity index (χ1) is 16.6. The summed E-state index contributed by atoms with van der Waals surface area (Å²) in [7, 11) is 3.72. The number of hydrogen-bond acceptors (Lipinski definition) is 7. The number of fused-ring (bicyclic) bond motifs is 5. The van der Waals surface area contributed by atoms with Crippen molar-refractivity contribution in [3.05, 3.63) is 71.1 Å². The topological polar surface area (TPSA) is 87.3 Å². The number of ether oxygens (including phenoxy) is 2. The maximum absolute atomic E-state index is 12.7. The quantitative estimate of drug-likeness (QED) is 0.391. The molecule has 2 aromatic heterocycles. The minimum atomic E-state index is -0.429. The summed E-state index contributed by atoms with van der Waals surface area (Å²) in [6.07, 6.45) is 11.0. The average Bonchev–Trinajstić information content (AvgIpc) is 3.41. The first-order valence-electron chi connectivity index (χ1n) is 11.5. The lowest BCUT2D eigenvalue weighted by Crippen LogP contribution is -2.22. The molecule has 0 saturated heterocycles. The van der Waals surface area contributed by atoms with E-state index in [2.05, 4.69) is 45.5 Å². The second-order valence-electron chi connectivity index (χ2n) is 8.49. The molecule has 0 unspecified atom stereocenters. The summed E-state index contributed by atoms with van der Waals surface area (Å²) >= 11 is 0. The predicted octanol–water partition coefficient (Wildman–Crippen LogP) is 3.25. The molecule has 34 heavy (non-hydrogen) atoms. The van der Waals surface area contributed by atoms with Gasteiger partial charge in [-0.1, -0.05) is 23.4 Å². The summed E-state index contributed by atoms with van der Waals surface area (Å²) in [5.74, 6) is 0.283. The minimum absolute atomic E-state index is 0.290. The highest BCUT2D eigenvalue weighted by atomic mass is 16.5. The molecule has 1 aliphatic carbocycles. The molecule has 2 aliphatic rings. The second kappa shape index (κ2) is 9.26. The molecule has 176 valence electrons. The van der Waals surface area contributed by atoms with Gasteiger partial charge in [0, 0.05) is 25.6 Å². The van der Waals surface area contributed by atoms with Crippen LogP contribution in [0.3, 0.4) is 0 Å². The van der Waals surface area contributed by atoms with Gasteiger partial charge in [0.05, 0.1) is 36.5 Å². The average molecular weight is 461 g/mol. The summed E-state index contributed by atoms with van der Waals surface area (Å²) in [5.41, 5.74) is 5.83. The first kappa shape index (κ1) is 22.1. The van der Waals surface area contributed by atoms with Crippen LogP contribution in [0.1, 0.15) is 47.3 Å². The van der Waals surface area contributed by atoms with E-state index in [0.29, 0.717) is 31.0 Å². The van der Waals surface area contributed by atoms with Crippen LogP contribution in [0, 0.1) is 0 Å². The number of nitrogens with zero attached hydrogens (tertiary/aromatic N) is 6. The third-order valence-electron chi connectivity index (χ3n) is 6.13. The van der Waals surface area contributed by atoms with Crippen molar-refractivity contribution in [3.63, 3.8) is 0 Å². The molecule has 9 heteroatoms. The molecule has 5 rings (SSSR count). The smallest absolute Gasteiger partial charge is 0.358 e. The Morgan fingerprint density at radius 3 is 2.82 bits per heavy atom. The lowest BCUT2D eigenvalue weighted by Gasteiger charge is -2.18. The Morgan fingerprint density at radius 2 is 2.06 bits per heavy atom. The van der Waals surface area contributed by atoms with Crippen molar-refractivity contribution in [2.24, 2.45) is 0 Å². The van der Waals surface area contributed by atoms with Gasteiger partial charge in [0.1, 0.15) is 17.8 Å². The number of aromatic nitrogens is 5. The zero-order chi connectivity index (χ0) is 23.7. The molecule has 1 aromatic carbocycles. The lowest BCUT2D eigenvalue weighted by atomic mass is 10.1. The van der Waals surface area contributed by atoms with Crippen molar-refractivity contribution in [3.8, 4) is 17.1 Å². The number of rotatable bonds is 7. The van der Waals surface area contributed by atoms with Gasteiger partial charge in [-0.25, -0.2) is 14.5 Å². The van der Waals surface area contributed by atoms with E-state index in [0.717, 1.165) is 47.8 Å². The zero-order valence-corrected chi connectivity index (χ0v) is 19.7. The van der Waals surface area contributed by atoms with Gasteiger partial charge in [0.15, 0.2) is 5.69 Å². The van der Waals surface area contributed by atoms with Gasteiger partial charge in [-0.2, -0.15) is 0 Å². The Morgan fingerprint density at radius 1 is 1.18 bits per heavy atom. The third kappa shape index (κ3) is 4.03. The molecule has 0 saturated carbocycles. The van der Waals surface area contributed by atoms with Gasteiger partial charge in [-0.05, 0) is 44.5 Å². The molecule has 0 atom stereocenters. The van der Waals surface area contributed by atoms with Gasteiger partial charge in [-0.3, -0.25) is 9.47 Å². The van der Waals surface area contributed by atoms with Crippen molar-refractivity contribution in [1.82, 2.24) is 29.4 Å². The minimum Gasteiger partial charge on any atom is -0.497 e. The Kier molecular flexibility index (Phi) is 6.02. The van der Waals surface area contributed by atoms with Crippen LogP contribution in [0.15, 0.2) is 48.3 Å². The fourth-order valence-corrected chi connectivity index (χ4v) is 4.52. The highest BCUT2D eigenvalue weighted by molar-refractivity contribution is 5.89. The van der Waals surface area contributed by atoms with Gasteiger partial charge >= 0.3 is 5.97 Å². The third-order valence-corrected chi connectivity index (χ3v) is 6.13. The van der Waals surface area contributed by atoms with E-state index >= 15 is 0 Å². The molecule has 0 spiro atoms. The molecule has 0 amide bonds. The molecule has 0 fully saturated rings. The van der Waals surface area contributed by atoms with E-state index in [1.54, 1.807) is 20.4 Å². The molecule has 0 bridgehead atoms. The molecule has 9 nitrogen and oxygen atoms in total. The van der Waals surface area contributed by atoms with Gasteiger partial charge in [0.25, 0.3) is 0 Å². The fourth-order valence-electron chi connectivity index (χ4n) is 4.52. The highest BCUT2D eigenvalue weighted by Crippen LogP contribution is 2.32. The number of methoxy groups -OCH3 is 1. The molecule has 0 N–H and O–H groups in total. The van der Waals surface area contributed by atoms with E-state index in [4.69, 9.17) is 9.47 Å². The molecule has 0 radical (unpaired) electrons. The van der Waals surface area contributed by atoms with Crippen molar-refractivity contribution < 1.29 is 14.3 Å². The standard InChI is InChI=1S/C25H28N6O3/c1-4-34-25(32)24-23-13-21-19(15-29(2)14-17-8-6-5-7-9-17)27-28-31(21)22-12-18(33-3)10-11-20(22)30(23)16-26-24/h6,8-12,16H,4-5,7,13-15H2,1-3H3. The number of imidazole rings is 1. The first-order valence-corrected chi connectivity index (χ1v) is 11.5. The Labute approximate surface area is 198 Å². The summed E-state index contributed by atoms with van der Waals surface area (Å²) < 4.78 is 14.5. The van der Waals surface area contributed by atoms with Crippen molar-refractivity contribution in [2.75, 3.05) is 27.3 Å². The van der Waals surface area contributed by atoms with Crippen LogP contribution < -0.4 is 4.74 Å². The normalized spacial score (nSPS) is 14.2. The van der Waals surface area contributed by atoms with Gasteiger partial charge in [-0.15, -0.1) is 5.10 Å². The Balaban J connectivity index is 1.56. The number of carbonyl (C=O) groups excluding carboxylic acids is 1. The monoisotopic (exact) mass is 460 g/mol. The largest absolute Gasteiger partial charge is 0.497 e. The predicted molar refractivity (Wildman–Crippen MR) is 127 cm³/mol. The van der Waals surface area contributed by atoms with Crippen molar-refractivity contribution in [2.45, 2.75) is 32.7 Å².